The maximum absolute atomic E-state index is 12.1. The molecule has 0 aromatic heterocycles. The predicted molar refractivity (Wildman–Crippen MR) is 157 cm³/mol. The Hall–Kier alpha value is -3.59. The minimum Gasteiger partial charge on any atom is -0.505 e. The van der Waals surface area contributed by atoms with E-state index in [2.05, 4.69) is 39.2 Å². The zero-order valence-electron chi connectivity index (χ0n) is 23.5. The average molecular weight is 602 g/mol. The number of anilines is 2. The van der Waals surface area contributed by atoms with Gasteiger partial charge in [0.25, 0.3) is 10.1 Å². The number of phenolic OH excluding ortho intramolecular Hbond substituents is 1. The second-order valence-corrected chi connectivity index (χ2v) is 10.2. The molecule has 0 saturated carbocycles. The molecule has 4 aromatic rings. The number of hydrogen-bond acceptors (Lipinski definition) is 11. The smallest absolute Gasteiger partial charge is 0.505 e. The van der Waals surface area contributed by atoms with Crippen molar-refractivity contribution in [3.63, 3.8) is 0 Å². The van der Waals surface area contributed by atoms with E-state index in [0.717, 1.165) is 18.8 Å². The van der Waals surface area contributed by atoms with E-state index in [-0.39, 0.29) is 59.6 Å². The number of nitrogens with zero attached hydrogens (tertiary/aromatic N) is 5. The van der Waals surface area contributed by atoms with Gasteiger partial charge in [-0.3, -0.25) is 4.55 Å². The monoisotopic (exact) mass is 601 g/mol. The summed E-state index contributed by atoms with van der Waals surface area (Å²) >= 11 is 0. The van der Waals surface area contributed by atoms with E-state index in [4.69, 9.17) is 10.5 Å². The van der Waals surface area contributed by atoms with E-state index in [0.29, 0.717) is 22.4 Å². The summed E-state index contributed by atoms with van der Waals surface area (Å²) < 4.78 is 39.6. The maximum atomic E-state index is 12.1. The SMILES string of the molecule is CCN(CC)c1ccc(N=Nc2ccc(N=Nc3c(S(=O)(=O)O)cc4ccc(N)cc4c3O)c(OCCO)c2)cc1.[Na+]. The molecule has 0 aliphatic carbocycles. The first-order valence-electron chi connectivity index (χ1n) is 12.7. The number of benzene rings is 4. The van der Waals surface area contributed by atoms with Crippen LogP contribution in [-0.4, -0.2) is 49.5 Å². The van der Waals surface area contributed by atoms with Gasteiger partial charge in [0.2, 0.25) is 0 Å². The number of nitrogen functional groups attached to an aromatic ring is 1. The molecule has 0 heterocycles. The molecule has 0 bridgehead atoms. The Balaban J connectivity index is 0.00000484. The summed E-state index contributed by atoms with van der Waals surface area (Å²) in [5.74, 6) is -0.351. The van der Waals surface area contributed by atoms with E-state index in [1.807, 2.05) is 24.3 Å². The van der Waals surface area contributed by atoms with E-state index < -0.39 is 26.5 Å². The maximum Gasteiger partial charge on any atom is 1.00 e. The van der Waals surface area contributed by atoms with Gasteiger partial charge in [0.05, 0.1) is 18.0 Å². The standard InChI is InChI=1S/C28H30N6O6S.Na/c1-3-34(4-2)22-10-7-20(8-11-22)30-31-21-9-12-24(25(17-21)40-14-13-35)32-33-27-26(41(37,38)39)15-18-5-6-19(29)16-23(18)28(27)36;/h5-12,15-17,35-36H,3-4,13-14,29H2,1-2H3,(H,37,38,39);/q;+1. The van der Waals surface area contributed by atoms with Crippen molar-refractivity contribution >= 4 is 55.0 Å². The molecule has 0 radical (unpaired) electrons. The number of hydrogen-bond donors (Lipinski definition) is 4. The fourth-order valence-electron chi connectivity index (χ4n) is 4.11. The number of aromatic hydroxyl groups is 1. The molecule has 214 valence electrons. The fourth-order valence-corrected chi connectivity index (χ4v) is 4.77. The largest absolute Gasteiger partial charge is 1.00 e. The summed E-state index contributed by atoms with van der Waals surface area (Å²) in [4.78, 5) is 1.58. The van der Waals surface area contributed by atoms with Gasteiger partial charge < -0.3 is 25.6 Å². The predicted octanol–water partition coefficient (Wildman–Crippen LogP) is 3.43. The van der Waals surface area contributed by atoms with Gasteiger partial charge in [-0.15, -0.1) is 10.2 Å². The molecule has 4 rings (SSSR count). The first-order chi connectivity index (χ1) is 19.6. The van der Waals surface area contributed by atoms with Gasteiger partial charge in [0.15, 0.2) is 5.75 Å². The van der Waals surface area contributed by atoms with Crippen molar-refractivity contribution in [1.29, 1.82) is 0 Å². The van der Waals surface area contributed by atoms with Gasteiger partial charge in [-0.2, -0.15) is 18.6 Å². The molecule has 0 fully saturated rings. The molecule has 0 aliphatic rings. The van der Waals surface area contributed by atoms with Crippen molar-refractivity contribution in [1.82, 2.24) is 0 Å². The second-order valence-electron chi connectivity index (χ2n) is 8.84. The number of ether oxygens (including phenoxy) is 1. The second kappa shape index (κ2) is 14.5. The minimum absolute atomic E-state index is 0. The van der Waals surface area contributed by atoms with Crippen LogP contribution in [0.25, 0.3) is 10.8 Å². The number of nitrogens with two attached hydrogens (primary N) is 1. The first kappa shape index (κ1) is 32.9. The Kier molecular flexibility index (Phi) is 11.4. The van der Waals surface area contributed by atoms with Crippen LogP contribution < -0.4 is 44.9 Å². The van der Waals surface area contributed by atoms with Crippen molar-refractivity contribution < 1.29 is 57.5 Å². The molecule has 42 heavy (non-hydrogen) atoms. The third kappa shape index (κ3) is 7.82. The third-order valence-electron chi connectivity index (χ3n) is 6.16. The first-order valence-corrected chi connectivity index (χ1v) is 14.2. The van der Waals surface area contributed by atoms with Crippen LogP contribution in [0, 0.1) is 0 Å². The van der Waals surface area contributed by atoms with Crippen molar-refractivity contribution in [3.8, 4) is 11.5 Å². The third-order valence-corrected chi connectivity index (χ3v) is 7.03. The Morgan fingerprint density at radius 3 is 2.19 bits per heavy atom. The van der Waals surface area contributed by atoms with Crippen LogP contribution in [0.4, 0.5) is 34.1 Å². The van der Waals surface area contributed by atoms with Crippen LogP contribution in [0.5, 0.6) is 11.5 Å². The zero-order valence-corrected chi connectivity index (χ0v) is 26.3. The summed E-state index contributed by atoms with van der Waals surface area (Å²) in [5.41, 5.74) is 7.97. The Morgan fingerprint density at radius 2 is 1.55 bits per heavy atom. The van der Waals surface area contributed by atoms with Gasteiger partial charge in [0, 0.05) is 35.9 Å². The van der Waals surface area contributed by atoms with Crippen LogP contribution in [0.1, 0.15) is 13.8 Å². The van der Waals surface area contributed by atoms with E-state index in [1.165, 1.54) is 36.4 Å². The Labute approximate surface area is 265 Å². The molecule has 4 aromatic carbocycles. The quantitative estimate of drug-likeness (QED) is 0.0872. The van der Waals surface area contributed by atoms with Gasteiger partial charge >= 0.3 is 29.6 Å². The van der Waals surface area contributed by atoms with E-state index in [9.17, 15) is 23.2 Å². The minimum atomic E-state index is -4.78. The molecule has 0 aliphatic heterocycles. The van der Waals surface area contributed by atoms with Crippen LogP contribution in [-0.2, 0) is 10.1 Å². The van der Waals surface area contributed by atoms with Crippen molar-refractivity contribution in [2.45, 2.75) is 18.7 Å². The van der Waals surface area contributed by atoms with Crippen molar-refractivity contribution in [2.24, 2.45) is 20.5 Å². The summed E-state index contributed by atoms with van der Waals surface area (Å²) in [7, 11) is -4.78. The molecule has 0 unspecified atom stereocenters. The molecule has 0 atom stereocenters. The topological polar surface area (TPSA) is 183 Å². The van der Waals surface area contributed by atoms with Crippen LogP contribution in [0.15, 0.2) is 92.1 Å². The number of phenols is 1. The molecule has 0 saturated heterocycles. The molecular weight excluding hydrogens is 571 g/mol. The number of rotatable bonds is 11. The average Bonchev–Trinajstić information content (AvgIpc) is 2.96. The summed E-state index contributed by atoms with van der Waals surface area (Å²) in [6, 6.07) is 18.0. The van der Waals surface area contributed by atoms with Crippen LogP contribution in [0.3, 0.4) is 0 Å². The normalized spacial score (nSPS) is 11.7. The van der Waals surface area contributed by atoms with Crippen LogP contribution >= 0.6 is 0 Å². The Morgan fingerprint density at radius 1 is 0.881 bits per heavy atom. The molecule has 0 spiro atoms. The zero-order chi connectivity index (χ0) is 29.6. The molecule has 0 amide bonds. The number of aliphatic hydroxyl groups excluding tert-OH is 1. The van der Waals surface area contributed by atoms with E-state index >= 15 is 0 Å². The van der Waals surface area contributed by atoms with E-state index in [1.54, 1.807) is 6.07 Å². The molecule has 12 nitrogen and oxygen atoms in total. The Bertz CT molecular complexity index is 1710. The van der Waals surface area contributed by atoms with Crippen molar-refractivity contribution in [3.05, 3.63) is 66.7 Å². The van der Waals surface area contributed by atoms with Crippen molar-refractivity contribution in [2.75, 3.05) is 36.9 Å². The summed E-state index contributed by atoms with van der Waals surface area (Å²) in [6.45, 7) is 5.62. The van der Waals surface area contributed by atoms with Gasteiger partial charge in [0.1, 0.15) is 28.6 Å². The fraction of sp³-hybridized carbons (Fsp3) is 0.214. The van der Waals surface area contributed by atoms with Gasteiger partial charge in [-0.05, 0) is 73.8 Å². The van der Waals surface area contributed by atoms with Crippen LogP contribution in [0.2, 0.25) is 0 Å². The molecule has 14 heteroatoms. The number of fused-ring (bicyclic) bond motifs is 1. The number of azo groups is 2. The van der Waals surface area contributed by atoms with Gasteiger partial charge in [-0.1, -0.05) is 6.07 Å². The molecule has 5 N–H and O–H groups in total. The number of aliphatic hydroxyl groups is 1. The summed E-state index contributed by atoms with van der Waals surface area (Å²) in [5, 5.41) is 37.2. The summed E-state index contributed by atoms with van der Waals surface area (Å²) in [6.07, 6.45) is 0. The molecular formula is C28H30N6NaO6S+. The van der Waals surface area contributed by atoms with Gasteiger partial charge in [-0.25, -0.2) is 0 Å².